The molecule has 29 heavy (non-hydrogen) atoms. The molecule has 6 N–H and O–H groups in total. The summed E-state index contributed by atoms with van der Waals surface area (Å²) in [5.41, 5.74) is 5.58. The maximum Gasteiger partial charge on any atom is 0.315 e. The van der Waals surface area contributed by atoms with Gasteiger partial charge in [0, 0.05) is 36.3 Å². The van der Waals surface area contributed by atoms with E-state index in [0.717, 1.165) is 50.7 Å². The smallest absolute Gasteiger partial charge is 0.315 e. The Morgan fingerprint density at radius 2 is 1.83 bits per heavy atom. The van der Waals surface area contributed by atoms with Gasteiger partial charge in [0.05, 0.1) is 18.1 Å². The van der Waals surface area contributed by atoms with Crippen LogP contribution in [-0.4, -0.2) is 65.8 Å². The van der Waals surface area contributed by atoms with E-state index >= 15 is 0 Å². The van der Waals surface area contributed by atoms with Crippen molar-refractivity contribution < 1.29 is 14.4 Å². The number of nitrogens with one attached hydrogen (secondary N) is 4. The van der Waals surface area contributed by atoms with Crippen molar-refractivity contribution in [3.63, 3.8) is 0 Å². The van der Waals surface area contributed by atoms with Crippen molar-refractivity contribution in [2.45, 2.75) is 74.7 Å². The van der Waals surface area contributed by atoms with Crippen LogP contribution in [0.4, 0.5) is 4.79 Å². The number of hydrogen-bond donors (Lipinski definition) is 6. The molecule has 0 aliphatic carbocycles. The zero-order chi connectivity index (χ0) is 21.1. The lowest BCUT2D eigenvalue weighted by Gasteiger charge is -2.16. The first-order chi connectivity index (χ1) is 14.0. The van der Waals surface area contributed by atoms with Crippen LogP contribution in [0.1, 0.15) is 51.4 Å². The number of urea groups is 1. The molecule has 2 aliphatic rings. The molecule has 166 valence electrons. The third-order valence-corrected chi connectivity index (χ3v) is 7.24. The quantitative estimate of drug-likeness (QED) is 0.134. The molecule has 0 unspecified atom stereocenters. The van der Waals surface area contributed by atoms with E-state index in [1.165, 1.54) is 0 Å². The molecule has 0 radical (unpaired) electrons. The highest BCUT2D eigenvalue weighted by Gasteiger charge is 2.42. The SMILES string of the molecule is N[C@@H](CS)C(=O)NCCCCCCNC(=O)CCCC[C@@H]1SC[C@@H]2NC(=O)N[C@@H]21. The number of carbonyl (C=O) groups excluding carboxylic acids is 3. The summed E-state index contributed by atoms with van der Waals surface area (Å²) in [5, 5.41) is 12.2. The van der Waals surface area contributed by atoms with E-state index < -0.39 is 6.04 Å². The van der Waals surface area contributed by atoms with Gasteiger partial charge in [-0.2, -0.15) is 24.4 Å². The number of hydrogen-bond acceptors (Lipinski definition) is 6. The van der Waals surface area contributed by atoms with Gasteiger partial charge in [-0.25, -0.2) is 4.79 Å². The van der Waals surface area contributed by atoms with E-state index in [-0.39, 0.29) is 29.9 Å². The Kier molecular flexibility index (Phi) is 11.0. The van der Waals surface area contributed by atoms with Crippen molar-refractivity contribution in [3.05, 3.63) is 0 Å². The Hall–Kier alpha value is -1.13. The minimum absolute atomic E-state index is 0.0490. The molecule has 2 aliphatic heterocycles. The van der Waals surface area contributed by atoms with Crippen LogP contribution in [0.2, 0.25) is 0 Å². The standard InChI is InChI=1S/C19H35N5O3S2/c20-13(11-28)18(26)22-10-6-2-1-5-9-21-16(25)8-4-3-7-15-17-14(12-29-15)23-19(27)24-17/h13-15,17,28H,1-12,20H2,(H,21,25)(H,22,26)(H2,23,24,27)/t13-,14-,15-,17-/m0/s1. The van der Waals surface area contributed by atoms with Crippen LogP contribution in [0.5, 0.6) is 0 Å². The third-order valence-electron chi connectivity index (χ3n) is 5.34. The zero-order valence-corrected chi connectivity index (χ0v) is 18.7. The van der Waals surface area contributed by atoms with Gasteiger partial charge in [-0.3, -0.25) is 9.59 Å². The maximum absolute atomic E-state index is 11.9. The highest BCUT2D eigenvalue weighted by Crippen LogP contribution is 2.33. The van der Waals surface area contributed by atoms with Gasteiger partial charge < -0.3 is 27.0 Å². The number of thiol groups is 1. The summed E-state index contributed by atoms with van der Waals surface area (Å²) in [5.74, 6) is 1.29. The van der Waals surface area contributed by atoms with Gasteiger partial charge in [-0.15, -0.1) is 0 Å². The average molecular weight is 446 g/mol. The highest BCUT2D eigenvalue weighted by atomic mass is 32.2. The summed E-state index contributed by atoms with van der Waals surface area (Å²) >= 11 is 5.91. The fourth-order valence-electron chi connectivity index (χ4n) is 3.62. The Labute approximate surface area is 183 Å². The summed E-state index contributed by atoms with van der Waals surface area (Å²) in [4.78, 5) is 34.8. The molecule has 0 saturated carbocycles. The molecule has 0 aromatic heterocycles. The van der Waals surface area contributed by atoms with Crippen LogP contribution in [0.15, 0.2) is 0 Å². The van der Waals surface area contributed by atoms with Crippen LogP contribution in [0, 0.1) is 0 Å². The van der Waals surface area contributed by atoms with Gasteiger partial charge in [0.25, 0.3) is 0 Å². The molecular weight excluding hydrogens is 410 g/mol. The Balaban J connectivity index is 1.38. The van der Waals surface area contributed by atoms with Crippen molar-refractivity contribution >= 4 is 42.2 Å². The van der Waals surface area contributed by atoms with Gasteiger partial charge in [-0.1, -0.05) is 19.3 Å². The van der Waals surface area contributed by atoms with Crippen LogP contribution < -0.4 is 27.0 Å². The van der Waals surface area contributed by atoms with E-state index in [2.05, 4.69) is 33.9 Å². The van der Waals surface area contributed by atoms with Crippen molar-refractivity contribution in [2.75, 3.05) is 24.6 Å². The fourth-order valence-corrected chi connectivity index (χ4v) is 5.33. The number of nitrogens with two attached hydrogens (primary N) is 1. The molecule has 0 spiro atoms. The highest BCUT2D eigenvalue weighted by molar-refractivity contribution is 8.00. The Morgan fingerprint density at radius 1 is 1.10 bits per heavy atom. The van der Waals surface area contributed by atoms with Crippen LogP contribution in [0.3, 0.4) is 0 Å². The van der Waals surface area contributed by atoms with Crippen LogP contribution in [-0.2, 0) is 9.59 Å². The van der Waals surface area contributed by atoms with E-state index in [0.29, 0.717) is 30.5 Å². The largest absolute Gasteiger partial charge is 0.356 e. The third kappa shape index (κ3) is 8.64. The lowest BCUT2D eigenvalue weighted by molar-refractivity contribution is -0.122. The van der Waals surface area contributed by atoms with E-state index in [4.69, 9.17) is 5.73 Å². The molecule has 2 heterocycles. The summed E-state index contributed by atoms with van der Waals surface area (Å²) in [6.45, 7) is 1.34. The molecule has 10 heteroatoms. The second-order valence-corrected chi connectivity index (χ2v) is 9.35. The van der Waals surface area contributed by atoms with E-state index in [1.807, 2.05) is 11.8 Å². The summed E-state index contributed by atoms with van der Waals surface area (Å²) < 4.78 is 0. The Morgan fingerprint density at radius 3 is 2.55 bits per heavy atom. The van der Waals surface area contributed by atoms with E-state index in [9.17, 15) is 14.4 Å². The molecule has 0 aromatic carbocycles. The number of rotatable bonds is 14. The van der Waals surface area contributed by atoms with Crippen molar-refractivity contribution in [2.24, 2.45) is 5.73 Å². The molecule has 0 aromatic rings. The lowest BCUT2D eigenvalue weighted by atomic mass is 10.0. The number of carbonyl (C=O) groups is 3. The Bertz CT molecular complexity index is 552. The van der Waals surface area contributed by atoms with E-state index in [1.54, 1.807) is 0 Å². The molecule has 0 bridgehead atoms. The summed E-state index contributed by atoms with van der Waals surface area (Å²) in [6, 6.07) is -0.0767. The predicted molar refractivity (Wildman–Crippen MR) is 120 cm³/mol. The van der Waals surface area contributed by atoms with Gasteiger partial charge in [0.15, 0.2) is 0 Å². The van der Waals surface area contributed by atoms with Crippen molar-refractivity contribution in [1.29, 1.82) is 0 Å². The number of amides is 4. The first kappa shape index (κ1) is 24.1. The molecule has 2 fully saturated rings. The lowest BCUT2D eigenvalue weighted by Crippen LogP contribution is -2.42. The second-order valence-electron chi connectivity index (χ2n) is 7.71. The minimum Gasteiger partial charge on any atom is -0.356 e. The van der Waals surface area contributed by atoms with Gasteiger partial charge in [0.2, 0.25) is 11.8 Å². The normalized spacial score (nSPS) is 23.8. The average Bonchev–Trinajstić information content (AvgIpc) is 3.25. The van der Waals surface area contributed by atoms with Crippen LogP contribution >= 0.6 is 24.4 Å². The summed E-state index contributed by atoms with van der Waals surface area (Å²) in [6.07, 6.45) is 7.39. The van der Waals surface area contributed by atoms with Crippen LogP contribution in [0.25, 0.3) is 0 Å². The number of unbranched alkanes of at least 4 members (excludes halogenated alkanes) is 4. The monoisotopic (exact) mass is 445 g/mol. The first-order valence-corrected chi connectivity index (χ1v) is 12.3. The topological polar surface area (TPSA) is 125 Å². The molecule has 4 amide bonds. The molecule has 2 rings (SSSR count). The predicted octanol–water partition coefficient (Wildman–Crippen LogP) is 0.762. The zero-order valence-electron chi connectivity index (χ0n) is 17.0. The number of thioether (sulfide) groups is 1. The molecule has 4 atom stereocenters. The number of fused-ring (bicyclic) bond motifs is 1. The summed E-state index contributed by atoms with van der Waals surface area (Å²) in [7, 11) is 0. The van der Waals surface area contributed by atoms with Gasteiger partial charge in [0.1, 0.15) is 0 Å². The van der Waals surface area contributed by atoms with Gasteiger partial charge >= 0.3 is 6.03 Å². The fraction of sp³-hybridized carbons (Fsp3) is 0.842. The second kappa shape index (κ2) is 13.2. The van der Waals surface area contributed by atoms with Crippen molar-refractivity contribution in [1.82, 2.24) is 21.3 Å². The minimum atomic E-state index is -0.539. The van der Waals surface area contributed by atoms with Crippen molar-refractivity contribution in [3.8, 4) is 0 Å². The first-order valence-electron chi connectivity index (χ1n) is 10.6. The molecule has 2 saturated heterocycles. The van der Waals surface area contributed by atoms with Gasteiger partial charge in [-0.05, 0) is 25.7 Å². The molecule has 8 nitrogen and oxygen atoms in total. The maximum atomic E-state index is 11.9. The molecular formula is C19H35N5O3S2.